The maximum Gasteiger partial charge on any atom is 0.126 e. The van der Waals surface area contributed by atoms with Crippen LogP contribution in [-0.2, 0) is 4.74 Å². The third kappa shape index (κ3) is 2.56. The van der Waals surface area contributed by atoms with Crippen LogP contribution in [0.25, 0.3) is 10.9 Å². The van der Waals surface area contributed by atoms with Crippen molar-refractivity contribution in [3.8, 4) is 0 Å². The molecule has 2 aromatic rings. The minimum Gasteiger partial charge on any atom is -0.384 e. The van der Waals surface area contributed by atoms with E-state index < -0.39 is 0 Å². The van der Waals surface area contributed by atoms with E-state index in [1.807, 2.05) is 24.3 Å². The first-order valence-corrected chi connectivity index (χ1v) is 7.19. The molecule has 0 aliphatic carbocycles. The van der Waals surface area contributed by atoms with E-state index in [4.69, 9.17) is 15.9 Å². The van der Waals surface area contributed by atoms with Gasteiger partial charge in [0, 0.05) is 24.7 Å². The molecular formula is C16H20N4O. The van der Waals surface area contributed by atoms with E-state index in [0.29, 0.717) is 5.56 Å². The fourth-order valence-electron chi connectivity index (χ4n) is 3.03. The Morgan fingerprint density at radius 2 is 1.95 bits per heavy atom. The fraction of sp³-hybridized carbons (Fsp3) is 0.375. The number of pyridine rings is 1. The fourth-order valence-corrected chi connectivity index (χ4v) is 3.03. The van der Waals surface area contributed by atoms with Gasteiger partial charge in [0.15, 0.2) is 0 Å². The quantitative estimate of drug-likeness (QED) is 0.654. The summed E-state index contributed by atoms with van der Waals surface area (Å²) in [5.74, 6) is 0.0510. The van der Waals surface area contributed by atoms with Crippen molar-refractivity contribution in [2.45, 2.75) is 26.1 Å². The number of rotatable bonds is 2. The van der Waals surface area contributed by atoms with Gasteiger partial charge in [-0.05, 0) is 19.9 Å². The van der Waals surface area contributed by atoms with Crippen LogP contribution in [0.2, 0.25) is 0 Å². The molecule has 5 nitrogen and oxygen atoms in total. The zero-order valence-corrected chi connectivity index (χ0v) is 12.3. The second kappa shape index (κ2) is 5.33. The van der Waals surface area contributed by atoms with Crippen LogP contribution < -0.4 is 10.6 Å². The SMILES string of the molecule is C[C@@H]1CN(c2c(C(=N)N)cnc3ccccc23)C[C@H](C)O1. The average Bonchev–Trinajstić information content (AvgIpc) is 2.44. The van der Waals surface area contributed by atoms with Gasteiger partial charge >= 0.3 is 0 Å². The molecule has 0 unspecified atom stereocenters. The molecule has 3 N–H and O–H groups in total. The highest BCUT2D eigenvalue weighted by atomic mass is 16.5. The molecule has 0 bridgehead atoms. The first kappa shape index (κ1) is 13.8. The number of hydrogen-bond donors (Lipinski definition) is 2. The Labute approximate surface area is 124 Å². The van der Waals surface area contributed by atoms with Crippen molar-refractivity contribution in [2.24, 2.45) is 5.73 Å². The number of ether oxygens (including phenoxy) is 1. The Morgan fingerprint density at radius 3 is 2.62 bits per heavy atom. The molecule has 0 spiro atoms. The molecule has 1 aromatic carbocycles. The van der Waals surface area contributed by atoms with Crippen LogP contribution in [-0.4, -0.2) is 36.1 Å². The highest BCUT2D eigenvalue weighted by Crippen LogP contribution is 2.31. The molecule has 1 fully saturated rings. The number of nitrogens with zero attached hydrogens (tertiary/aromatic N) is 2. The van der Waals surface area contributed by atoms with Crippen LogP contribution in [0.3, 0.4) is 0 Å². The number of hydrogen-bond acceptors (Lipinski definition) is 4. The summed E-state index contributed by atoms with van der Waals surface area (Å²) in [6, 6.07) is 7.98. The molecule has 1 aliphatic heterocycles. The van der Waals surface area contributed by atoms with Crippen LogP contribution in [0, 0.1) is 5.41 Å². The highest BCUT2D eigenvalue weighted by molar-refractivity contribution is 6.07. The van der Waals surface area contributed by atoms with E-state index >= 15 is 0 Å². The Morgan fingerprint density at radius 1 is 1.29 bits per heavy atom. The van der Waals surface area contributed by atoms with Gasteiger partial charge in [-0.3, -0.25) is 10.4 Å². The number of nitrogens with two attached hydrogens (primary N) is 1. The Balaban J connectivity index is 2.18. The second-order valence-electron chi connectivity index (χ2n) is 5.61. The first-order chi connectivity index (χ1) is 10.1. The van der Waals surface area contributed by atoms with E-state index in [-0.39, 0.29) is 18.0 Å². The number of aromatic nitrogens is 1. The predicted octanol–water partition coefficient (Wildman–Crippen LogP) is 2.13. The summed E-state index contributed by atoms with van der Waals surface area (Å²) in [6.45, 7) is 5.72. The number of morpholine rings is 1. The maximum absolute atomic E-state index is 7.85. The summed E-state index contributed by atoms with van der Waals surface area (Å²) in [5, 5.41) is 8.88. The number of benzene rings is 1. The van der Waals surface area contributed by atoms with Crippen molar-refractivity contribution in [1.29, 1.82) is 5.41 Å². The zero-order valence-electron chi connectivity index (χ0n) is 12.3. The Kier molecular flexibility index (Phi) is 3.51. The van der Waals surface area contributed by atoms with Gasteiger partial charge in [-0.25, -0.2) is 0 Å². The molecule has 3 rings (SSSR count). The van der Waals surface area contributed by atoms with Crippen molar-refractivity contribution < 1.29 is 4.74 Å². The molecule has 1 saturated heterocycles. The number of para-hydroxylation sites is 1. The van der Waals surface area contributed by atoms with E-state index in [0.717, 1.165) is 29.7 Å². The monoisotopic (exact) mass is 284 g/mol. The van der Waals surface area contributed by atoms with Gasteiger partial charge < -0.3 is 15.4 Å². The van der Waals surface area contributed by atoms with Crippen molar-refractivity contribution in [2.75, 3.05) is 18.0 Å². The molecule has 2 heterocycles. The van der Waals surface area contributed by atoms with Gasteiger partial charge in [0.1, 0.15) is 5.84 Å². The van der Waals surface area contributed by atoms with Crippen LogP contribution in [0.15, 0.2) is 30.5 Å². The largest absolute Gasteiger partial charge is 0.384 e. The number of amidine groups is 1. The lowest BCUT2D eigenvalue weighted by Gasteiger charge is -2.38. The summed E-state index contributed by atoms with van der Waals surface area (Å²) in [7, 11) is 0. The van der Waals surface area contributed by atoms with Crippen LogP contribution in [0.4, 0.5) is 5.69 Å². The number of fused-ring (bicyclic) bond motifs is 1. The summed E-state index contributed by atoms with van der Waals surface area (Å²) in [4.78, 5) is 6.68. The van der Waals surface area contributed by atoms with Gasteiger partial charge in [-0.15, -0.1) is 0 Å². The molecule has 110 valence electrons. The van der Waals surface area contributed by atoms with Gasteiger partial charge in [0.25, 0.3) is 0 Å². The summed E-state index contributed by atoms with van der Waals surface area (Å²) in [5.41, 5.74) is 8.37. The second-order valence-corrected chi connectivity index (χ2v) is 5.61. The number of anilines is 1. The normalized spacial score (nSPS) is 22.5. The molecule has 0 amide bonds. The molecule has 2 atom stereocenters. The van der Waals surface area contributed by atoms with Crippen LogP contribution >= 0.6 is 0 Å². The molecule has 21 heavy (non-hydrogen) atoms. The molecule has 5 heteroatoms. The molecule has 1 aromatic heterocycles. The molecule has 0 radical (unpaired) electrons. The minimum atomic E-state index is 0.0510. The average molecular weight is 284 g/mol. The van der Waals surface area contributed by atoms with E-state index in [1.165, 1.54) is 0 Å². The third-order valence-electron chi connectivity index (χ3n) is 3.77. The highest BCUT2D eigenvalue weighted by Gasteiger charge is 2.26. The third-order valence-corrected chi connectivity index (χ3v) is 3.77. The van der Waals surface area contributed by atoms with Crippen molar-refractivity contribution in [1.82, 2.24) is 4.98 Å². The summed E-state index contributed by atoms with van der Waals surface area (Å²) >= 11 is 0. The van der Waals surface area contributed by atoms with Crippen molar-refractivity contribution >= 4 is 22.4 Å². The topological polar surface area (TPSA) is 75.2 Å². The zero-order chi connectivity index (χ0) is 15.0. The van der Waals surface area contributed by atoms with Gasteiger partial charge in [0.05, 0.1) is 29.0 Å². The first-order valence-electron chi connectivity index (χ1n) is 7.19. The van der Waals surface area contributed by atoms with Crippen LogP contribution in [0.5, 0.6) is 0 Å². The van der Waals surface area contributed by atoms with E-state index in [2.05, 4.69) is 23.7 Å². The smallest absolute Gasteiger partial charge is 0.126 e. The van der Waals surface area contributed by atoms with E-state index in [1.54, 1.807) is 6.20 Å². The lowest BCUT2D eigenvalue weighted by atomic mass is 10.1. The minimum absolute atomic E-state index is 0.0510. The number of nitrogen functional groups attached to an aromatic ring is 1. The van der Waals surface area contributed by atoms with Crippen molar-refractivity contribution in [3.63, 3.8) is 0 Å². The molecular weight excluding hydrogens is 264 g/mol. The van der Waals surface area contributed by atoms with Gasteiger partial charge in [-0.2, -0.15) is 0 Å². The summed E-state index contributed by atoms with van der Waals surface area (Å²) < 4.78 is 5.81. The maximum atomic E-state index is 7.85. The summed E-state index contributed by atoms with van der Waals surface area (Å²) in [6.07, 6.45) is 2.01. The van der Waals surface area contributed by atoms with Crippen molar-refractivity contribution in [3.05, 3.63) is 36.0 Å². The molecule has 0 saturated carbocycles. The Bertz CT molecular complexity index is 675. The Hall–Kier alpha value is -2.14. The lowest BCUT2D eigenvalue weighted by Crippen LogP contribution is -2.46. The van der Waals surface area contributed by atoms with Crippen LogP contribution in [0.1, 0.15) is 19.4 Å². The van der Waals surface area contributed by atoms with Gasteiger partial charge in [0.2, 0.25) is 0 Å². The lowest BCUT2D eigenvalue weighted by molar-refractivity contribution is -0.00514. The molecule has 1 aliphatic rings. The predicted molar refractivity (Wildman–Crippen MR) is 85.0 cm³/mol. The number of nitrogens with one attached hydrogen (secondary N) is 1. The van der Waals surface area contributed by atoms with Gasteiger partial charge in [-0.1, -0.05) is 18.2 Å². The van der Waals surface area contributed by atoms with E-state index in [9.17, 15) is 0 Å². The standard InChI is InChI=1S/C16H20N4O/c1-10-8-20(9-11(2)21-10)15-12-5-3-4-6-14(12)19-7-13(15)16(17)18/h3-7,10-11H,8-9H2,1-2H3,(H3,17,18)/t10-,11+.